The first-order chi connectivity index (χ1) is 16.5. The Morgan fingerprint density at radius 1 is 0.676 bits per heavy atom. The Morgan fingerprint density at radius 2 is 1.21 bits per heavy atom. The summed E-state index contributed by atoms with van der Waals surface area (Å²) >= 11 is 0. The van der Waals surface area contributed by atoms with E-state index in [2.05, 4.69) is 0 Å². The second kappa shape index (κ2) is 9.12. The van der Waals surface area contributed by atoms with E-state index in [1.807, 2.05) is 116 Å². The molecule has 4 aromatic carbocycles. The summed E-state index contributed by atoms with van der Waals surface area (Å²) in [5, 5.41) is 0. The van der Waals surface area contributed by atoms with Crippen LogP contribution in [0.25, 0.3) is 5.70 Å². The number of aryl methyl sites for hydroxylation is 1. The van der Waals surface area contributed by atoms with Gasteiger partial charge in [0.2, 0.25) is 0 Å². The molecule has 0 spiro atoms. The van der Waals surface area contributed by atoms with E-state index in [-0.39, 0.29) is 4.90 Å². The summed E-state index contributed by atoms with van der Waals surface area (Å²) in [5.41, 5.74) is 4.28. The smallest absolute Gasteiger partial charge is 0.238 e. The van der Waals surface area contributed by atoms with Gasteiger partial charge in [-0.15, -0.1) is 0 Å². The molecular formula is C29H24N2O2S. The Labute approximate surface area is 200 Å². The molecule has 0 aliphatic carbocycles. The number of amidine groups is 1. The minimum absolute atomic E-state index is 0.235. The molecule has 1 unspecified atom stereocenters. The lowest BCUT2D eigenvalue weighted by Gasteiger charge is -2.35. The maximum Gasteiger partial charge on any atom is 0.266 e. The van der Waals surface area contributed by atoms with Crippen LogP contribution in [0.15, 0.2) is 131 Å². The Hall–Kier alpha value is -3.96. The third kappa shape index (κ3) is 4.18. The predicted molar refractivity (Wildman–Crippen MR) is 137 cm³/mol. The zero-order chi connectivity index (χ0) is 23.5. The predicted octanol–water partition coefficient (Wildman–Crippen LogP) is 6.23. The van der Waals surface area contributed by atoms with Gasteiger partial charge in [-0.05, 0) is 36.3 Å². The number of sulfonamides is 1. The summed E-state index contributed by atoms with van der Waals surface area (Å²) in [6, 6.07) is 35.4. The fraction of sp³-hybridized carbons (Fsp3) is 0.0690. The molecule has 0 saturated heterocycles. The van der Waals surface area contributed by atoms with Gasteiger partial charge >= 0.3 is 0 Å². The first kappa shape index (κ1) is 21.9. The monoisotopic (exact) mass is 464 g/mol. The summed E-state index contributed by atoms with van der Waals surface area (Å²) in [7, 11) is -3.92. The fourth-order valence-electron chi connectivity index (χ4n) is 4.07. The van der Waals surface area contributed by atoms with E-state index in [1.54, 1.807) is 12.1 Å². The summed E-state index contributed by atoms with van der Waals surface area (Å²) in [6.45, 7) is 1.94. The molecule has 1 aliphatic rings. The first-order valence-corrected chi connectivity index (χ1v) is 12.6. The van der Waals surface area contributed by atoms with Crippen LogP contribution in [0.3, 0.4) is 0 Å². The average molecular weight is 465 g/mol. The standard InChI is InChI=1S/C29H24N2O2S/c1-22-17-19-26(20-18-22)34(32,33)31-28(24-13-7-3-8-14-24)21-27(23-11-5-2-6-12-23)30-29(31)25-15-9-4-10-16-25/h2-21,28H,1H3. The fourth-order valence-corrected chi connectivity index (χ4v) is 5.63. The van der Waals surface area contributed by atoms with Gasteiger partial charge in [-0.2, -0.15) is 0 Å². The van der Waals surface area contributed by atoms with Gasteiger partial charge in [0.15, 0.2) is 5.84 Å². The molecule has 0 bridgehead atoms. The lowest BCUT2D eigenvalue weighted by molar-refractivity contribution is 0.483. The molecule has 5 rings (SSSR count). The van der Waals surface area contributed by atoms with Crippen molar-refractivity contribution in [1.29, 1.82) is 0 Å². The van der Waals surface area contributed by atoms with Crippen LogP contribution in [0.1, 0.15) is 28.3 Å². The molecule has 0 fully saturated rings. The number of hydrogen-bond donors (Lipinski definition) is 0. The summed E-state index contributed by atoms with van der Waals surface area (Å²) in [6.07, 6.45) is 1.93. The SMILES string of the molecule is Cc1ccc(S(=O)(=O)N2C(c3ccccc3)=NC(c3ccccc3)=CC2c2ccccc2)cc1. The second-order valence-corrected chi connectivity index (χ2v) is 10.0. The van der Waals surface area contributed by atoms with E-state index in [0.717, 1.165) is 28.0 Å². The highest BCUT2D eigenvalue weighted by Crippen LogP contribution is 2.37. The van der Waals surface area contributed by atoms with Gasteiger partial charge in [0, 0.05) is 5.56 Å². The van der Waals surface area contributed by atoms with Crippen molar-refractivity contribution in [1.82, 2.24) is 4.31 Å². The Kier molecular flexibility index (Phi) is 5.86. The van der Waals surface area contributed by atoms with Crippen molar-refractivity contribution in [3.63, 3.8) is 0 Å². The number of benzene rings is 4. The molecule has 34 heavy (non-hydrogen) atoms. The van der Waals surface area contributed by atoms with Gasteiger partial charge in [0.1, 0.15) is 0 Å². The van der Waals surface area contributed by atoms with Crippen molar-refractivity contribution in [2.75, 3.05) is 0 Å². The lowest BCUT2D eigenvalue weighted by Crippen LogP contribution is -2.41. The number of aliphatic imine (C=N–C) groups is 1. The van der Waals surface area contributed by atoms with Crippen molar-refractivity contribution in [2.24, 2.45) is 4.99 Å². The van der Waals surface area contributed by atoms with Gasteiger partial charge in [-0.3, -0.25) is 0 Å². The molecule has 1 aliphatic heterocycles. The van der Waals surface area contributed by atoms with E-state index >= 15 is 0 Å². The molecule has 0 aromatic heterocycles. The Bertz CT molecular complexity index is 1450. The van der Waals surface area contributed by atoms with Crippen LogP contribution >= 0.6 is 0 Å². The minimum Gasteiger partial charge on any atom is -0.238 e. The van der Waals surface area contributed by atoms with E-state index < -0.39 is 16.1 Å². The van der Waals surface area contributed by atoms with E-state index in [1.165, 1.54) is 4.31 Å². The summed E-state index contributed by atoms with van der Waals surface area (Å²) in [4.78, 5) is 5.15. The quantitative estimate of drug-likeness (QED) is 0.352. The van der Waals surface area contributed by atoms with Gasteiger partial charge in [-0.1, -0.05) is 109 Å². The van der Waals surface area contributed by atoms with Crippen LogP contribution in [0.5, 0.6) is 0 Å². The number of hydrogen-bond acceptors (Lipinski definition) is 3. The Morgan fingerprint density at radius 3 is 1.79 bits per heavy atom. The summed E-state index contributed by atoms with van der Waals surface area (Å²) in [5.74, 6) is 0.399. The van der Waals surface area contributed by atoms with Crippen molar-refractivity contribution >= 4 is 21.6 Å². The molecule has 0 radical (unpaired) electrons. The molecule has 4 nitrogen and oxygen atoms in total. The normalized spacial score (nSPS) is 16.0. The number of nitrogens with zero attached hydrogens (tertiary/aromatic N) is 2. The average Bonchev–Trinajstić information content (AvgIpc) is 2.90. The highest BCUT2D eigenvalue weighted by atomic mass is 32.2. The van der Waals surface area contributed by atoms with Crippen molar-refractivity contribution in [3.05, 3.63) is 144 Å². The minimum atomic E-state index is -3.92. The van der Waals surface area contributed by atoms with Gasteiger partial charge in [0.25, 0.3) is 10.0 Å². The van der Waals surface area contributed by atoms with Crippen LogP contribution in [-0.2, 0) is 10.0 Å². The topological polar surface area (TPSA) is 49.7 Å². The molecule has 0 amide bonds. The van der Waals surface area contributed by atoms with Crippen LogP contribution in [0.4, 0.5) is 0 Å². The van der Waals surface area contributed by atoms with E-state index in [9.17, 15) is 8.42 Å². The third-order valence-electron chi connectivity index (χ3n) is 5.82. The molecule has 5 heteroatoms. The van der Waals surface area contributed by atoms with Crippen molar-refractivity contribution in [2.45, 2.75) is 17.9 Å². The molecule has 1 heterocycles. The van der Waals surface area contributed by atoms with Gasteiger partial charge in [-0.25, -0.2) is 17.7 Å². The summed E-state index contributed by atoms with van der Waals surface area (Å²) < 4.78 is 29.7. The van der Waals surface area contributed by atoms with Gasteiger partial charge < -0.3 is 0 Å². The van der Waals surface area contributed by atoms with Crippen LogP contribution in [0, 0.1) is 6.92 Å². The second-order valence-electron chi connectivity index (χ2n) is 8.19. The largest absolute Gasteiger partial charge is 0.266 e. The molecule has 1 atom stereocenters. The number of rotatable bonds is 5. The van der Waals surface area contributed by atoms with Gasteiger partial charge in [0.05, 0.1) is 16.6 Å². The lowest BCUT2D eigenvalue weighted by atomic mass is 10.0. The van der Waals surface area contributed by atoms with E-state index in [0.29, 0.717) is 5.84 Å². The van der Waals surface area contributed by atoms with E-state index in [4.69, 9.17) is 4.99 Å². The molecule has 168 valence electrons. The highest BCUT2D eigenvalue weighted by molar-refractivity contribution is 7.89. The molecule has 0 saturated carbocycles. The van der Waals surface area contributed by atoms with Crippen LogP contribution in [0.2, 0.25) is 0 Å². The van der Waals surface area contributed by atoms with Crippen molar-refractivity contribution < 1.29 is 8.42 Å². The zero-order valence-corrected chi connectivity index (χ0v) is 19.6. The van der Waals surface area contributed by atoms with Crippen molar-refractivity contribution in [3.8, 4) is 0 Å². The maximum absolute atomic E-state index is 14.1. The maximum atomic E-state index is 14.1. The third-order valence-corrected chi connectivity index (χ3v) is 7.61. The first-order valence-electron chi connectivity index (χ1n) is 11.1. The van der Waals surface area contributed by atoms with Crippen LogP contribution in [-0.4, -0.2) is 18.6 Å². The molecule has 0 N–H and O–H groups in total. The molecule has 4 aromatic rings. The Balaban J connectivity index is 1.76. The zero-order valence-electron chi connectivity index (χ0n) is 18.7. The molecular weight excluding hydrogens is 440 g/mol. The van der Waals surface area contributed by atoms with Crippen LogP contribution < -0.4 is 0 Å². The highest BCUT2D eigenvalue weighted by Gasteiger charge is 2.37.